The monoisotopic (exact) mass is 623 g/mol. The maximum absolute atomic E-state index is 13.1. The SMILES string of the molecule is Cc1cc(NS(=O)(=O)c2ccc(NC(c3ccc(Br)cc3)C(C(=O)OC(C)C)C(=O)OC(C)C)cc2)ns1. The molecule has 0 amide bonds. The Morgan fingerprint density at radius 3 is 1.95 bits per heavy atom. The average molecular weight is 625 g/mol. The first-order valence-electron chi connectivity index (χ1n) is 11.8. The van der Waals surface area contributed by atoms with E-state index in [0.717, 1.165) is 9.35 Å². The second kappa shape index (κ2) is 12.7. The number of aryl methyl sites for hydroxylation is 1. The number of hydrogen-bond donors (Lipinski definition) is 2. The molecule has 2 aromatic carbocycles. The van der Waals surface area contributed by atoms with Crippen molar-refractivity contribution in [2.75, 3.05) is 10.0 Å². The number of carbonyl (C=O) groups excluding carboxylic acids is 2. The number of aromatic nitrogens is 1. The topological polar surface area (TPSA) is 124 Å². The Balaban J connectivity index is 1.95. The highest BCUT2D eigenvalue weighted by atomic mass is 79.9. The fourth-order valence-corrected chi connectivity index (χ4v) is 5.35. The molecular weight excluding hydrogens is 594 g/mol. The van der Waals surface area contributed by atoms with Gasteiger partial charge in [0.05, 0.1) is 23.1 Å². The number of nitrogens with zero attached hydrogens (tertiary/aromatic N) is 1. The van der Waals surface area contributed by atoms with Crippen LogP contribution in [0.4, 0.5) is 11.5 Å². The lowest BCUT2D eigenvalue weighted by Gasteiger charge is -2.28. The molecule has 2 N–H and O–H groups in total. The Bertz CT molecular complexity index is 1330. The van der Waals surface area contributed by atoms with E-state index in [1.807, 2.05) is 6.92 Å². The third-order valence-corrected chi connectivity index (χ3v) is 7.72. The van der Waals surface area contributed by atoms with Crippen LogP contribution in [0.1, 0.15) is 44.2 Å². The van der Waals surface area contributed by atoms with Crippen molar-refractivity contribution in [2.45, 2.75) is 57.8 Å². The molecule has 1 unspecified atom stereocenters. The van der Waals surface area contributed by atoms with Crippen molar-refractivity contribution in [1.29, 1.82) is 0 Å². The zero-order chi connectivity index (χ0) is 28.0. The molecule has 0 bridgehead atoms. The number of benzene rings is 2. The zero-order valence-corrected chi connectivity index (χ0v) is 24.8. The molecule has 0 spiro atoms. The van der Waals surface area contributed by atoms with Gasteiger partial charge in [0.2, 0.25) is 0 Å². The number of esters is 2. The van der Waals surface area contributed by atoms with Gasteiger partial charge in [0.1, 0.15) is 0 Å². The van der Waals surface area contributed by atoms with Crippen LogP contribution in [-0.4, -0.2) is 36.9 Å². The van der Waals surface area contributed by atoms with E-state index in [4.69, 9.17) is 9.47 Å². The van der Waals surface area contributed by atoms with Gasteiger partial charge in [-0.2, -0.15) is 4.37 Å². The largest absolute Gasteiger partial charge is 0.462 e. The highest BCUT2D eigenvalue weighted by molar-refractivity contribution is 9.10. The standard InChI is InChI=1S/C26H30BrN3O6S2/c1-15(2)35-25(31)23(26(32)36-16(3)4)24(18-6-8-19(27)9-7-18)28-20-10-12-21(13-11-20)38(33,34)30-22-14-17(5)37-29-22/h6-16,23-24,28H,1-5H3,(H,29,30). The summed E-state index contributed by atoms with van der Waals surface area (Å²) >= 11 is 4.60. The second-order valence-corrected chi connectivity index (χ2v) is 12.7. The van der Waals surface area contributed by atoms with Gasteiger partial charge in [0.15, 0.2) is 11.7 Å². The van der Waals surface area contributed by atoms with E-state index in [0.29, 0.717) is 11.3 Å². The van der Waals surface area contributed by atoms with E-state index in [9.17, 15) is 18.0 Å². The molecule has 0 fully saturated rings. The molecule has 38 heavy (non-hydrogen) atoms. The lowest BCUT2D eigenvalue weighted by molar-refractivity contribution is -0.167. The Kier molecular flexibility index (Phi) is 9.91. The van der Waals surface area contributed by atoms with Gasteiger partial charge in [0.25, 0.3) is 10.0 Å². The van der Waals surface area contributed by atoms with E-state index >= 15 is 0 Å². The highest BCUT2D eigenvalue weighted by Gasteiger charge is 2.39. The van der Waals surface area contributed by atoms with Crippen LogP contribution in [0.5, 0.6) is 0 Å². The van der Waals surface area contributed by atoms with Crippen LogP contribution < -0.4 is 10.0 Å². The molecule has 0 aliphatic rings. The smallest absolute Gasteiger partial charge is 0.323 e. The summed E-state index contributed by atoms with van der Waals surface area (Å²) in [6.45, 7) is 8.63. The number of anilines is 2. The summed E-state index contributed by atoms with van der Waals surface area (Å²) in [4.78, 5) is 27.2. The number of hydrogen-bond acceptors (Lipinski definition) is 9. The highest BCUT2D eigenvalue weighted by Crippen LogP contribution is 2.31. The Morgan fingerprint density at radius 1 is 0.921 bits per heavy atom. The van der Waals surface area contributed by atoms with E-state index in [-0.39, 0.29) is 10.7 Å². The van der Waals surface area contributed by atoms with Gasteiger partial charge in [-0.3, -0.25) is 14.3 Å². The summed E-state index contributed by atoms with van der Waals surface area (Å²) in [5.74, 6) is -2.53. The first-order valence-corrected chi connectivity index (χ1v) is 14.9. The summed E-state index contributed by atoms with van der Waals surface area (Å²) in [5.41, 5.74) is 1.12. The molecule has 0 saturated heterocycles. The van der Waals surface area contributed by atoms with Crippen molar-refractivity contribution in [3.8, 4) is 0 Å². The molecular formula is C26H30BrN3O6S2. The van der Waals surface area contributed by atoms with Gasteiger partial charge in [-0.15, -0.1) is 0 Å². The minimum Gasteiger partial charge on any atom is -0.462 e. The quantitative estimate of drug-likeness (QED) is 0.206. The van der Waals surface area contributed by atoms with Crippen LogP contribution in [0, 0.1) is 12.8 Å². The molecule has 1 heterocycles. The fourth-order valence-electron chi connectivity index (χ4n) is 3.53. The molecule has 1 aromatic heterocycles. The summed E-state index contributed by atoms with van der Waals surface area (Å²) in [7, 11) is -3.86. The number of ether oxygens (including phenoxy) is 2. The Morgan fingerprint density at radius 2 is 1.47 bits per heavy atom. The van der Waals surface area contributed by atoms with Crippen LogP contribution in [0.2, 0.25) is 0 Å². The van der Waals surface area contributed by atoms with Crippen LogP contribution in [0.15, 0.2) is 64.0 Å². The maximum atomic E-state index is 13.1. The fraction of sp³-hybridized carbons (Fsp3) is 0.346. The molecule has 9 nitrogen and oxygen atoms in total. The predicted octanol–water partition coefficient (Wildman–Crippen LogP) is 5.69. The van der Waals surface area contributed by atoms with Crippen LogP contribution >= 0.6 is 27.5 Å². The van der Waals surface area contributed by atoms with Crippen LogP contribution in [0.3, 0.4) is 0 Å². The summed E-state index contributed by atoms with van der Waals surface area (Å²) in [5, 5.41) is 3.21. The lowest BCUT2D eigenvalue weighted by Crippen LogP contribution is -2.38. The van der Waals surface area contributed by atoms with Gasteiger partial charge in [-0.1, -0.05) is 28.1 Å². The summed E-state index contributed by atoms with van der Waals surface area (Å²) in [6, 6.07) is 13.9. The molecule has 0 aliphatic carbocycles. The molecule has 3 rings (SSSR count). The van der Waals surface area contributed by atoms with Gasteiger partial charge >= 0.3 is 11.9 Å². The normalized spacial score (nSPS) is 12.4. The first-order chi connectivity index (χ1) is 17.9. The summed E-state index contributed by atoms with van der Waals surface area (Å²) in [6.07, 6.45) is -0.887. The lowest BCUT2D eigenvalue weighted by atomic mass is 9.92. The first kappa shape index (κ1) is 29.6. The molecule has 204 valence electrons. The van der Waals surface area contributed by atoms with Crippen molar-refractivity contribution in [3.05, 3.63) is 69.5 Å². The van der Waals surface area contributed by atoms with Crippen molar-refractivity contribution in [2.24, 2.45) is 5.92 Å². The van der Waals surface area contributed by atoms with Crippen molar-refractivity contribution in [3.63, 3.8) is 0 Å². The van der Waals surface area contributed by atoms with Crippen LogP contribution in [-0.2, 0) is 29.1 Å². The minimum atomic E-state index is -3.86. The van der Waals surface area contributed by atoms with Crippen molar-refractivity contribution < 1.29 is 27.5 Å². The van der Waals surface area contributed by atoms with E-state index in [1.54, 1.807) is 70.2 Å². The van der Waals surface area contributed by atoms with Crippen molar-refractivity contribution >= 4 is 60.9 Å². The van der Waals surface area contributed by atoms with Gasteiger partial charge in [0, 0.05) is 15.0 Å². The van der Waals surface area contributed by atoms with E-state index < -0.39 is 46.1 Å². The molecule has 12 heteroatoms. The Labute approximate surface area is 235 Å². The van der Waals surface area contributed by atoms with E-state index in [2.05, 4.69) is 30.3 Å². The average Bonchev–Trinajstić information content (AvgIpc) is 3.22. The third-order valence-electron chi connectivity index (χ3n) is 5.13. The maximum Gasteiger partial charge on any atom is 0.323 e. The molecule has 1 atom stereocenters. The molecule has 0 aliphatic heterocycles. The number of nitrogens with one attached hydrogen (secondary N) is 2. The van der Waals surface area contributed by atoms with Gasteiger partial charge in [-0.05, 0) is 94.2 Å². The predicted molar refractivity (Wildman–Crippen MR) is 151 cm³/mol. The minimum absolute atomic E-state index is 0.0314. The zero-order valence-electron chi connectivity index (χ0n) is 21.6. The van der Waals surface area contributed by atoms with Crippen molar-refractivity contribution in [1.82, 2.24) is 4.37 Å². The summed E-state index contributed by atoms with van der Waals surface area (Å²) < 4.78 is 43.8. The van der Waals surface area contributed by atoms with Gasteiger partial charge < -0.3 is 14.8 Å². The number of carbonyl (C=O) groups is 2. The third kappa shape index (κ3) is 8.02. The molecule has 0 radical (unpaired) electrons. The molecule has 0 saturated carbocycles. The van der Waals surface area contributed by atoms with Gasteiger partial charge in [-0.25, -0.2) is 8.42 Å². The van der Waals surface area contributed by atoms with E-state index in [1.165, 1.54) is 23.7 Å². The number of halogens is 1. The molecule has 3 aromatic rings. The van der Waals surface area contributed by atoms with Crippen LogP contribution in [0.25, 0.3) is 0 Å². The Hall–Kier alpha value is -2.96. The second-order valence-electron chi connectivity index (χ2n) is 9.08. The number of sulfonamides is 1. The number of rotatable bonds is 11.